The van der Waals surface area contributed by atoms with E-state index in [-0.39, 0.29) is 39.1 Å². The quantitative estimate of drug-likeness (QED) is 0.712. The third-order valence-corrected chi connectivity index (χ3v) is 5.61. The van der Waals surface area contributed by atoms with Crippen LogP contribution >= 0.6 is 34.8 Å². The van der Waals surface area contributed by atoms with Gasteiger partial charge in [0.05, 0.1) is 10.9 Å². The monoisotopic (exact) mass is 404 g/mol. The van der Waals surface area contributed by atoms with Crippen molar-refractivity contribution in [3.63, 3.8) is 0 Å². The van der Waals surface area contributed by atoms with Gasteiger partial charge in [-0.25, -0.2) is 9.07 Å². The molecular weight excluding hydrogens is 390 g/mol. The van der Waals surface area contributed by atoms with Crippen LogP contribution in [0.5, 0.6) is 0 Å². The number of hydrogen-bond acceptors (Lipinski definition) is 2. The lowest BCUT2D eigenvalue weighted by molar-refractivity contribution is -0.116. The number of halogens is 4. The van der Waals surface area contributed by atoms with E-state index in [9.17, 15) is 14.0 Å². The standard InChI is InChI=1S/C17H16Cl3FN2O2/c1-9(24)12(18)7-10-6-11(14(21)8-13(10)19)15-16(20)22-4-2-3-5-23(22)17(15)25/h6,8,12H,2-5,7H2,1H3. The van der Waals surface area contributed by atoms with Crippen LogP contribution in [0.2, 0.25) is 10.2 Å². The Morgan fingerprint density at radius 1 is 1.24 bits per heavy atom. The largest absolute Gasteiger partial charge is 0.298 e. The molecule has 1 unspecified atom stereocenters. The molecule has 2 heterocycles. The SMILES string of the molecule is CC(=O)C(Cl)Cc1cc(-c2c(Cl)n3n(c2=O)CCCC3)c(F)cc1Cl. The summed E-state index contributed by atoms with van der Waals surface area (Å²) in [5, 5.41) is -0.395. The van der Waals surface area contributed by atoms with Gasteiger partial charge < -0.3 is 0 Å². The molecule has 1 atom stereocenters. The molecule has 2 aromatic rings. The fraction of sp³-hybridized carbons (Fsp3) is 0.412. The maximum Gasteiger partial charge on any atom is 0.276 e. The van der Waals surface area contributed by atoms with Gasteiger partial charge in [0.1, 0.15) is 16.8 Å². The Bertz CT molecular complexity index is 904. The van der Waals surface area contributed by atoms with Crippen molar-refractivity contribution >= 4 is 40.6 Å². The minimum atomic E-state index is -0.769. The molecule has 1 aromatic heterocycles. The second kappa shape index (κ2) is 7.14. The number of carbonyl (C=O) groups is 1. The topological polar surface area (TPSA) is 44.0 Å². The van der Waals surface area contributed by atoms with Crippen LogP contribution in [0.4, 0.5) is 4.39 Å². The summed E-state index contributed by atoms with van der Waals surface area (Å²) in [5.74, 6) is -0.841. The average Bonchev–Trinajstić information content (AvgIpc) is 2.82. The van der Waals surface area contributed by atoms with Crippen molar-refractivity contribution in [1.29, 1.82) is 0 Å². The van der Waals surface area contributed by atoms with Gasteiger partial charge >= 0.3 is 0 Å². The molecule has 0 aliphatic carbocycles. The zero-order chi connectivity index (χ0) is 18.3. The van der Waals surface area contributed by atoms with E-state index in [0.29, 0.717) is 18.7 Å². The lowest BCUT2D eigenvalue weighted by Gasteiger charge is -2.17. The van der Waals surface area contributed by atoms with Crippen LogP contribution in [0.25, 0.3) is 11.1 Å². The zero-order valence-electron chi connectivity index (χ0n) is 13.5. The van der Waals surface area contributed by atoms with E-state index in [1.54, 1.807) is 4.68 Å². The number of Topliss-reactive ketones (excluding diaryl/α,β-unsaturated/α-hetero) is 1. The number of benzene rings is 1. The van der Waals surface area contributed by atoms with Crippen molar-refractivity contribution in [1.82, 2.24) is 9.36 Å². The summed E-state index contributed by atoms with van der Waals surface area (Å²) in [6.07, 6.45) is 1.93. The Morgan fingerprint density at radius 2 is 1.88 bits per heavy atom. The Kier molecular flexibility index (Phi) is 5.28. The summed E-state index contributed by atoms with van der Waals surface area (Å²) in [4.78, 5) is 24.1. The molecule has 0 amide bonds. The fourth-order valence-corrected chi connectivity index (χ4v) is 3.78. The van der Waals surface area contributed by atoms with Gasteiger partial charge in [0, 0.05) is 23.7 Å². The van der Waals surface area contributed by atoms with E-state index >= 15 is 0 Å². The van der Waals surface area contributed by atoms with E-state index in [0.717, 1.165) is 18.9 Å². The first-order chi connectivity index (χ1) is 11.8. The Hall–Kier alpha value is -1.30. The van der Waals surface area contributed by atoms with Gasteiger partial charge in [-0.2, -0.15) is 0 Å². The van der Waals surface area contributed by atoms with Gasteiger partial charge in [0.15, 0.2) is 0 Å². The lowest BCUT2D eigenvalue weighted by Crippen LogP contribution is -2.27. The maximum absolute atomic E-state index is 14.5. The molecule has 3 rings (SSSR count). The highest BCUT2D eigenvalue weighted by Gasteiger charge is 2.25. The van der Waals surface area contributed by atoms with E-state index in [2.05, 4.69) is 0 Å². The first-order valence-electron chi connectivity index (χ1n) is 7.93. The second-order valence-electron chi connectivity index (χ2n) is 6.13. The normalized spacial score (nSPS) is 15.1. The highest BCUT2D eigenvalue weighted by atomic mass is 35.5. The molecule has 0 N–H and O–H groups in total. The minimum absolute atomic E-state index is 0.0798. The molecule has 25 heavy (non-hydrogen) atoms. The van der Waals surface area contributed by atoms with Crippen LogP contribution in [0, 0.1) is 5.82 Å². The van der Waals surface area contributed by atoms with Crippen LogP contribution in [0.15, 0.2) is 16.9 Å². The molecule has 1 aromatic carbocycles. The van der Waals surface area contributed by atoms with Gasteiger partial charge in [-0.1, -0.05) is 23.2 Å². The summed E-state index contributed by atoms with van der Waals surface area (Å²) in [7, 11) is 0. The van der Waals surface area contributed by atoms with E-state index in [1.165, 1.54) is 17.7 Å². The van der Waals surface area contributed by atoms with Crippen LogP contribution in [-0.2, 0) is 24.3 Å². The summed E-state index contributed by atoms with van der Waals surface area (Å²) in [6.45, 7) is 2.54. The van der Waals surface area contributed by atoms with Crippen molar-refractivity contribution in [2.75, 3.05) is 0 Å². The number of fused-ring (bicyclic) bond motifs is 1. The molecule has 134 valence electrons. The third-order valence-electron chi connectivity index (χ3n) is 4.41. The molecule has 4 nitrogen and oxygen atoms in total. The first-order valence-corrected chi connectivity index (χ1v) is 9.12. The van der Waals surface area contributed by atoms with Crippen LogP contribution in [-0.4, -0.2) is 20.5 Å². The van der Waals surface area contributed by atoms with Gasteiger partial charge in [0.2, 0.25) is 0 Å². The van der Waals surface area contributed by atoms with Crippen LogP contribution in [0.1, 0.15) is 25.3 Å². The minimum Gasteiger partial charge on any atom is -0.298 e. The number of hydrogen-bond donors (Lipinski definition) is 0. The first kappa shape index (κ1) is 18.5. The summed E-state index contributed by atoms with van der Waals surface area (Å²) in [5.41, 5.74) is 0.368. The lowest BCUT2D eigenvalue weighted by atomic mass is 10.0. The number of rotatable bonds is 4. The van der Waals surface area contributed by atoms with Crippen molar-refractivity contribution in [2.45, 2.75) is 44.7 Å². The smallest absolute Gasteiger partial charge is 0.276 e. The molecule has 0 saturated carbocycles. The molecule has 1 aliphatic heterocycles. The predicted molar refractivity (Wildman–Crippen MR) is 97.4 cm³/mol. The van der Waals surface area contributed by atoms with Crippen molar-refractivity contribution in [3.8, 4) is 11.1 Å². The third kappa shape index (κ3) is 3.37. The number of nitrogens with zero attached hydrogens (tertiary/aromatic N) is 2. The molecule has 0 saturated heterocycles. The van der Waals surface area contributed by atoms with Gasteiger partial charge in [-0.3, -0.25) is 14.3 Å². The zero-order valence-corrected chi connectivity index (χ0v) is 15.8. The highest BCUT2D eigenvalue weighted by Crippen LogP contribution is 2.33. The Labute approximate surface area is 159 Å². The van der Waals surface area contributed by atoms with Gasteiger partial charge in [0.25, 0.3) is 5.56 Å². The maximum atomic E-state index is 14.5. The van der Waals surface area contributed by atoms with Crippen LogP contribution in [0.3, 0.4) is 0 Å². The second-order valence-corrected chi connectivity index (χ2v) is 7.42. The molecule has 0 bridgehead atoms. The van der Waals surface area contributed by atoms with Gasteiger partial charge in [-0.15, -0.1) is 11.6 Å². The van der Waals surface area contributed by atoms with E-state index < -0.39 is 11.2 Å². The molecule has 0 fully saturated rings. The molecule has 0 spiro atoms. The highest BCUT2D eigenvalue weighted by molar-refractivity contribution is 6.33. The van der Waals surface area contributed by atoms with Gasteiger partial charge in [-0.05, 0) is 43.9 Å². The Morgan fingerprint density at radius 3 is 2.48 bits per heavy atom. The molecule has 1 aliphatic rings. The average molecular weight is 406 g/mol. The number of carbonyl (C=O) groups excluding carboxylic acids is 1. The van der Waals surface area contributed by atoms with Crippen LogP contribution < -0.4 is 5.56 Å². The summed E-state index contributed by atoms with van der Waals surface area (Å²) < 4.78 is 17.7. The van der Waals surface area contributed by atoms with Crippen molar-refractivity contribution in [3.05, 3.63) is 44.0 Å². The molecule has 8 heteroatoms. The van der Waals surface area contributed by atoms with E-state index in [4.69, 9.17) is 34.8 Å². The predicted octanol–water partition coefficient (Wildman–Crippen LogP) is 4.30. The van der Waals surface area contributed by atoms with Crippen molar-refractivity contribution < 1.29 is 9.18 Å². The Balaban J connectivity index is 2.14. The number of alkyl halides is 1. The summed E-state index contributed by atoms with van der Waals surface area (Å²) >= 11 is 18.5. The molecule has 0 radical (unpaired) electrons. The number of aromatic nitrogens is 2. The fourth-order valence-electron chi connectivity index (χ4n) is 3.03. The number of ketones is 1. The van der Waals surface area contributed by atoms with E-state index in [1.807, 2.05) is 0 Å². The summed E-state index contributed by atoms with van der Waals surface area (Å²) in [6, 6.07) is 2.60. The molecular formula is C17H16Cl3FN2O2. The van der Waals surface area contributed by atoms with Crippen molar-refractivity contribution in [2.24, 2.45) is 0 Å².